The van der Waals surface area contributed by atoms with Gasteiger partial charge in [0.15, 0.2) is 0 Å². The number of nitrogens with one attached hydrogen (secondary N) is 2. The van der Waals surface area contributed by atoms with Crippen molar-refractivity contribution in [2.24, 2.45) is 0 Å². The third-order valence-corrected chi connectivity index (χ3v) is 2.77. The molecule has 0 aliphatic rings. The number of unbranched alkanes of at least 4 members (excludes halogenated alkanes) is 1. The van der Waals surface area contributed by atoms with E-state index < -0.39 is 0 Å². The van der Waals surface area contributed by atoms with Gasteiger partial charge in [-0.05, 0) is 50.7 Å². The van der Waals surface area contributed by atoms with Crippen LogP contribution in [0.2, 0.25) is 0 Å². The molecule has 0 spiro atoms. The molecule has 0 aliphatic carbocycles. The average Bonchev–Trinajstić information content (AvgIpc) is 2.44. The number of rotatable bonds is 9. The maximum absolute atomic E-state index is 11.8. The van der Waals surface area contributed by atoms with E-state index in [9.17, 15) is 4.79 Å². The molecule has 0 unspecified atom stereocenters. The zero-order chi connectivity index (χ0) is 13.9. The highest BCUT2D eigenvalue weighted by molar-refractivity contribution is 5.94. The Morgan fingerprint density at radius 1 is 1.16 bits per heavy atom. The summed E-state index contributed by atoms with van der Waals surface area (Å²) < 4.78 is 5.55. The first kappa shape index (κ1) is 15.5. The summed E-state index contributed by atoms with van der Waals surface area (Å²) in [5.41, 5.74) is 0.673. The molecule has 0 atom stereocenters. The average molecular weight is 264 g/mol. The molecule has 4 heteroatoms. The van der Waals surface area contributed by atoms with E-state index in [0.29, 0.717) is 12.1 Å². The van der Waals surface area contributed by atoms with Crippen molar-refractivity contribution in [2.45, 2.75) is 26.2 Å². The Bertz CT molecular complexity index is 363. The Balaban J connectivity index is 2.35. The zero-order valence-corrected chi connectivity index (χ0v) is 11.9. The monoisotopic (exact) mass is 264 g/mol. The van der Waals surface area contributed by atoms with Gasteiger partial charge < -0.3 is 15.4 Å². The second-order valence-electron chi connectivity index (χ2n) is 4.44. The van der Waals surface area contributed by atoms with Gasteiger partial charge in [0, 0.05) is 12.1 Å². The van der Waals surface area contributed by atoms with E-state index in [4.69, 9.17) is 4.74 Å². The van der Waals surface area contributed by atoms with Crippen LogP contribution in [0.1, 0.15) is 36.5 Å². The molecule has 0 bridgehead atoms. The molecule has 1 aromatic rings. The van der Waals surface area contributed by atoms with Crippen LogP contribution in [0.5, 0.6) is 5.75 Å². The number of hydrogen-bond acceptors (Lipinski definition) is 3. The van der Waals surface area contributed by atoms with Crippen molar-refractivity contribution < 1.29 is 9.53 Å². The second kappa shape index (κ2) is 9.39. The number of benzene rings is 1. The van der Waals surface area contributed by atoms with Crippen molar-refractivity contribution in [3.63, 3.8) is 0 Å². The van der Waals surface area contributed by atoms with E-state index in [2.05, 4.69) is 17.6 Å². The lowest BCUT2D eigenvalue weighted by atomic mass is 10.2. The van der Waals surface area contributed by atoms with Gasteiger partial charge in [-0.3, -0.25) is 4.79 Å². The summed E-state index contributed by atoms with van der Waals surface area (Å²) in [4.78, 5) is 11.8. The second-order valence-corrected chi connectivity index (χ2v) is 4.44. The van der Waals surface area contributed by atoms with Crippen molar-refractivity contribution in [1.82, 2.24) is 10.6 Å². The Kier molecular flexibility index (Phi) is 7.66. The van der Waals surface area contributed by atoms with Crippen LogP contribution in [0.25, 0.3) is 0 Å². The number of carbonyl (C=O) groups is 1. The van der Waals surface area contributed by atoms with E-state index in [1.165, 1.54) is 0 Å². The molecule has 106 valence electrons. The molecule has 0 saturated heterocycles. The third kappa shape index (κ3) is 6.25. The fourth-order valence-corrected chi connectivity index (χ4v) is 1.61. The highest BCUT2D eigenvalue weighted by Gasteiger charge is 2.04. The lowest BCUT2D eigenvalue weighted by molar-refractivity contribution is 0.0953. The predicted molar refractivity (Wildman–Crippen MR) is 77.7 cm³/mol. The van der Waals surface area contributed by atoms with Gasteiger partial charge in [0.05, 0.1) is 6.61 Å². The molecule has 0 heterocycles. The summed E-state index contributed by atoms with van der Waals surface area (Å²) in [6.07, 6.45) is 3.10. The minimum atomic E-state index is -0.0313. The van der Waals surface area contributed by atoms with Crippen molar-refractivity contribution in [3.05, 3.63) is 29.8 Å². The van der Waals surface area contributed by atoms with Crippen molar-refractivity contribution in [2.75, 3.05) is 26.7 Å². The van der Waals surface area contributed by atoms with Crippen molar-refractivity contribution in [1.29, 1.82) is 0 Å². The molecule has 4 nitrogen and oxygen atoms in total. The molecule has 1 amide bonds. The summed E-state index contributed by atoms with van der Waals surface area (Å²) in [7, 11) is 1.90. The lowest BCUT2D eigenvalue weighted by Crippen LogP contribution is -2.26. The summed E-state index contributed by atoms with van der Waals surface area (Å²) in [5, 5.41) is 5.93. The maximum Gasteiger partial charge on any atom is 0.251 e. The highest BCUT2D eigenvalue weighted by Crippen LogP contribution is 2.12. The van der Waals surface area contributed by atoms with Gasteiger partial charge in [-0.1, -0.05) is 13.3 Å². The van der Waals surface area contributed by atoms with Gasteiger partial charge >= 0.3 is 0 Å². The lowest BCUT2D eigenvalue weighted by Gasteiger charge is -2.07. The summed E-state index contributed by atoms with van der Waals surface area (Å²) >= 11 is 0. The van der Waals surface area contributed by atoms with Crippen LogP contribution in [0.4, 0.5) is 0 Å². The minimum Gasteiger partial charge on any atom is -0.494 e. The van der Waals surface area contributed by atoms with Gasteiger partial charge in [-0.25, -0.2) is 0 Å². The molecule has 1 rings (SSSR count). The number of carbonyl (C=O) groups excluding carboxylic acids is 1. The number of hydrogen-bond donors (Lipinski definition) is 2. The first-order valence-electron chi connectivity index (χ1n) is 6.93. The van der Waals surface area contributed by atoms with Gasteiger partial charge in [0.25, 0.3) is 5.91 Å². The van der Waals surface area contributed by atoms with Crippen LogP contribution in [0, 0.1) is 0 Å². The van der Waals surface area contributed by atoms with Gasteiger partial charge in [-0.2, -0.15) is 0 Å². The third-order valence-electron chi connectivity index (χ3n) is 2.77. The Morgan fingerprint density at radius 3 is 2.53 bits per heavy atom. The van der Waals surface area contributed by atoms with E-state index in [0.717, 1.165) is 38.2 Å². The fourth-order valence-electron chi connectivity index (χ4n) is 1.61. The number of amides is 1. The van der Waals surface area contributed by atoms with Crippen LogP contribution in [-0.2, 0) is 0 Å². The van der Waals surface area contributed by atoms with E-state index in [-0.39, 0.29) is 5.91 Å². The molecular weight excluding hydrogens is 240 g/mol. The smallest absolute Gasteiger partial charge is 0.251 e. The number of ether oxygens (including phenoxy) is 1. The van der Waals surface area contributed by atoms with Crippen LogP contribution in [0.3, 0.4) is 0 Å². The van der Waals surface area contributed by atoms with Gasteiger partial charge in [0.2, 0.25) is 0 Å². The van der Waals surface area contributed by atoms with E-state index >= 15 is 0 Å². The molecule has 0 aromatic heterocycles. The van der Waals surface area contributed by atoms with E-state index in [1.807, 2.05) is 19.2 Å². The first-order chi connectivity index (χ1) is 9.27. The molecule has 1 aromatic carbocycles. The Hall–Kier alpha value is -1.55. The molecule has 0 fully saturated rings. The quantitative estimate of drug-likeness (QED) is 0.672. The van der Waals surface area contributed by atoms with Crippen LogP contribution in [-0.4, -0.2) is 32.7 Å². The summed E-state index contributed by atoms with van der Waals surface area (Å²) in [5.74, 6) is 0.788. The van der Waals surface area contributed by atoms with Crippen molar-refractivity contribution >= 4 is 5.91 Å². The Morgan fingerprint density at radius 2 is 1.89 bits per heavy atom. The molecule has 0 radical (unpaired) electrons. The van der Waals surface area contributed by atoms with E-state index in [1.54, 1.807) is 12.1 Å². The normalized spacial score (nSPS) is 10.2. The maximum atomic E-state index is 11.8. The molecule has 19 heavy (non-hydrogen) atoms. The predicted octanol–water partition coefficient (Wildman–Crippen LogP) is 2.20. The largest absolute Gasteiger partial charge is 0.494 e. The standard InChI is InChI=1S/C15H24N2O2/c1-3-4-12-19-14-8-6-13(7-9-14)15(18)17-11-5-10-16-2/h6-9,16H,3-5,10-12H2,1-2H3,(H,17,18). The Labute approximate surface area is 115 Å². The topological polar surface area (TPSA) is 50.4 Å². The first-order valence-corrected chi connectivity index (χ1v) is 6.93. The minimum absolute atomic E-state index is 0.0313. The van der Waals surface area contributed by atoms with Crippen LogP contribution >= 0.6 is 0 Å². The molecular formula is C15H24N2O2. The fraction of sp³-hybridized carbons (Fsp3) is 0.533. The van der Waals surface area contributed by atoms with Crippen LogP contribution in [0.15, 0.2) is 24.3 Å². The zero-order valence-electron chi connectivity index (χ0n) is 11.9. The SMILES string of the molecule is CCCCOc1ccc(C(=O)NCCCNC)cc1. The van der Waals surface area contributed by atoms with Gasteiger partial charge in [0.1, 0.15) is 5.75 Å². The van der Waals surface area contributed by atoms with Gasteiger partial charge in [-0.15, -0.1) is 0 Å². The summed E-state index contributed by atoms with van der Waals surface area (Å²) in [6.45, 7) is 4.45. The molecule has 0 saturated carbocycles. The van der Waals surface area contributed by atoms with Crippen LogP contribution < -0.4 is 15.4 Å². The summed E-state index contributed by atoms with van der Waals surface area (Å²) in [6, 6.07) is 7.29. The molecule has 0 aliphatic heterocycles. The van der Waals surface area contributed by atoms with Crippen molar-refractivity contribution in [3.8, 4) is 5.75 Å². The highest BCUT2D eigenvalue weighted by atomic mass is 16.5. The molecule has 2 N–H and O–H groups in total.